The van der Waals surface area contributed by atoms with Crippen LogP contribution >= 0.6 is 0 Å². The molecule has 0 saturated heterocycles. The van der Waals surface area contributed by atoms with Crippen LogP contribution in [-0.2, 0) is 16.8 Å². The van der Waals surface area contributed by atoms with Crippen LogP contribution in [0.1, 0.15) is 5.56 Å². The first kappa shape index (κ1) is 18.2. The maximum Gasteiger partial charge on any atom is 1.00 e. The quantitative estimate of drug-likeness (QED) is 0.328. The van der Waals surface area contributed by atoms with E-state index in [0.717, 1.165) is 18.2 Å². The molecule has 0 amide bonds. The number of rotatable bonds is 4. The molecule has 0 saturated carbocycles. The SMILES string of the molecule is Nc1cc(C[B-](F)(F)F)cc(OS(=O)(=O)F)c1.[K+]. The van der Waals surface area contributed by atoms with E-state index in [2.05, 4.69) is 4.18 Å². The Morgan fingerprint density at radius 3 is 2.22 bits per heavy atom. The summed E-state index contributed by atoms with van der Waals surface area (Å²) in [5.41, 5.74) is 4.79. The van der Waals surface area contributed by atoms with Crippen molar-refractivity contribution in [2.24, 2.45) is 0 Å². The number of halogens is 4. The Morgan fingerprint density at radius 1 is 1.22 bits per heavy atom. The average Bonchev–Trinajstić information content (AvgIpc) is 1.93. The minimum atomic E-state index is -5.29. The molecule has 0 unspecified atom stereocenters. The number of hydrogen-bond acceptors (Lipinski definition) is 4. The summed E-state index contributed by atoms with van der Waals surface area (Å²) in [4.78, 5) is 0. The Hall–Kier alpha value is 0.191. The Kier molecular flexibility index (Phi) is 6.64. The molecule has 0 radical (unpaired) electrons. The third-order valence-corrected chi connectivity index (χ3v) is 2.04. The summed E-state index contributed by atoms with van der Waals surface area (Å²) in [6.07, 6.45) is -1.26. The van der Waals surface area contributed by atoms with Gasteiger partial charge in [-0.1, -0.05) is 15.8 Å². The minimum absolute atomic E-state index is 0. The Labute approximate surface area is 144 Å². The van der Waals surface area contributed by atoms with E-state index < -0.39 is 29.6 Å². The van der Waals surface area contributed by atoms with Gasteiger partial charge in [0.15, 0.2) is 0 Å². The van der Waals surface area contributed by atoms with E-state index in [4.69, 9.17) is 5.73 Å². The van der Waals surface area contributed by atoms with Crippen molar-refractivity contribution in [3.05, 3.63) is 23.8 Å². The van der Waals surface area contributed by atoms with E-state index in [0.29, 0.717) is 0 Å². The van der Waals surface area contributed by atoms with Crippen molar-refractivity contribution in [2.75, 3.05) is 5.73 Å². The summed E-state index contributed by atoms with van der Waals surface area (Å²) < 4.78 is 72.7. The monoisotopic (exact) mass is 311 g/mol. The second-order valence-corrected chi connectivity index (χ2v) is 4.25. The fraction of sp³-hybridized carbons (Fsp3) is 0.143. The van der Waals surface area contributed by atoms with Gasteiger partial charge in [0.25, 0.3) is 0 Å². The first-order chi connectivity index (χ1) is 7.55. The van der Waals surface area contributed by atoms with Crippen LogP contribution in [0.2, 0.25) is 0 Å². The summed E-state index contributed by atoms with van der Waals surface area (Å²) in [7, 11) is -5.29. The van der Waals surface area contributed by atoms with Gasteiger partial charge in [0.05, 0.1) is 0 Å². The molecule has 2 N–H and O–H groups in total. The topological polar surface area (TPSA) is 69.4 Å². The van der Waals surface area contributed by atoms with E-state index in [1.165, 1.54) is 0 Å². The smallest absolute Gasteiger partial charge is 0.449 e. The molecule has 0 aliphatic heterocycles. The third kappa shape index (κ3) is 7.59. The second kappa shape index (κ2) is 6.57. The first-order valence-corrected chi connectivity index (χ1v) is 5.60. The molecule has 0 bridgehead atoms. The van der Waals surface area contributed by atoms with E-state index in [1.807, 2.05) is 0 Å². The molecule has 11 heteroatoms. The van der Waals surface area contributed by atoms with Crippen LogP contribution in [0.25, 0.3) is 0 Å². The molecule has 1 aromatic carbocycles. The second-order valence-electron chi connectivity index (χ2n) is 3.30. The van der Waals surface area contributed by atoms with Crippen LogP contribution in [0, 0.1) is 0 Å². The largest absolute Gasteiger partial charge is 1.00 e. The van der Waals surface area contributed by atoms with Gasteiger partial charge >= 0.3 is 68.9 Å². The molecule has 0 aliphatic rings. The fourth-order valence-electron chi connectivity index (χ4n) is 1.23. The van der Waals surface area contributed by atoms with Gasteiger partial charge < -0.3 is 22.9 Å². The summed E-state index contributed by atoms with van der Waals surface area (Å²) in [6.45, 7) is -5.10. The summed E-state index contributed by atoms with van der Waals surface area (Å²) in [6, 6.07) is 2.68. The molecular weight excluding hydrogens is 304 g/mol. The average molecular weight is 311 g/mol. The predicted molar refractivity (Wildman–Crippen MR) is 54.3 cm³/mol. The molecule has 96 valence electrons. The van der Waals surface area contributed by atoms with Crippen molar-refractivity contribution in [3.8, 4) is 5.75 Å². The van der Waals surface area contributed by atoms with Crippen LogP contribution in [0.3, 0.4) is 0 Å². The summed E-state index contributed by atoms with van der Waals surface area (Å²) >= 11 is 0. The van der Waals surface area contributed by atoms with Gasteiger partial charge in [0.2, 0.25) is 0 Å². The molecule has 0 spiro atoms. The molecular formula is C7H7BF4KNO3S. The molecule has 0 heterocycles. The van der Waals surface area contributed by atoms with Crippen LogP contribution in [0.5, 0.6) is 5.75 Å². The molecule has 0 aliphatic carbocycles. The van der Waals surface area contributed by atoms with Gasteiger partial charge in [0.1, 0.15) is 5.75 Å². The predicted octanol–water partition coefficient (Wildman–Crippen LogP) is -1.20. The number of hydrogen-bond donors (Lipinski definition) is 1. The van der Waals surface area contributed by atoms with Crippen molar-refractivity contribution < 1.29 is 80.8 Å². The maximum atomic E-state index is 12.2. The minimum Gasteiger partial charge on any atom is -0.449 e. The first-order valence-electron chi connectivity index (χ1n) is 4.30. The molecule has 0 atom stereocenters. The Morgan fingerprint density at radius 2 is 1.78 bits per heavy atom. The van der Waals surface area contributed by atoms with Gasteiger partial charge in [0, 0.05) is 11.8 Å². The summed E-state index contributed by atoms with van der Waals surface area (Å²) in [5.74, 6) is -0.595. The van der Waals surface area contributed by atoms with Crippen molar-refractivity contribution in [2.45, 2.75) is 6.32 Å². The van der Waals surface area contributed by atoms with Crippen molar-refractivity contribution in [1.29, 1.82) is 0 Å². The van der Waals surface area contributed by atoms with Crippen LogP contribution in [0.15, 0.2) is 18.2 Å². The molecule has 4 nitrogen and oxygen atoms in total. The van der Waals surface area contributed by atoms with Crippen molar-refractivity contribution >= 4 is 23.2 Å². The van der Waals surface area contributed by atoms with E-state index in [1.54, 1.807) is 0 Å². The zero-order valence-corrected chi connectivity index (χ0v) is 13.2. The molecule has 1 aromatic rings. The van der Waals surface area contributed by atoms with Gasteiger partial charge in [-0.3, -0.25) is 0 Å². The van der Waals surface area contributed by atoms with Gasteiger partial charge in [-0.15, -0.1) is 0 Å². The van der Waals surface area contributed by atoms with Crippen molar-refractivity contribution in [3.63, 3.8) is 0 Å². The van der Waals surface area contributed by atoms with Crippen LogP contribution in [-0.4, -0.2) is 15.4 Å². The van der Waals surface area contributed by atoms with Gasteiger partial charge in [-0.05, 0) is 12.1 Å². The van der Waals surface area contributed by atoms with E-state index in [-0.39, 0.29) is 62.6 Å². The molecule has 0 fully saturated rings. The Bertz CT molecular complexity index is 522. The zero-order chi connectivity index (χ0) is 13.3. The van der Waals surface area contributed by atoms with Crippen LogP contribution in [0.4, 0.5) is 22.5 Å². The molecule has 1 rings (SSSR count). The fourth-order valence-corrected chi connectivity index (χ4v) is 1.56. The van der Waals surface area contributed by atoms with Gasteiger partial charge in [-0.2, -0.15) is 8.42 Å². The normalized spacial score (nSPS) is 11.8. The number of nitrogens with two attached hydrogens (primary N) is 1. The zero-order valence-electron chi connectivity index (χ0n) is 9.24. The number of nitrogen functional groups attached to an aromatic ring is 1. The summed E-state index contributed by atoms with van der Waals surface area (Å²) in [5, 5.41) is 0. The van der Waals surface area contributed by atoms with E-state index >= 15 is 0 Å². The standard InChI is InChI=1S/C7H7BF4NO3S.K/c9-8(10,11)4-5-1-6(13)3-7(2-5)16-17(12,14)15;/h1-3H,4,13H2;/q-1;+1. The number of anilines is 1. The molecule has 0 aromatic heterocycles. The maximum absolute atomic E-state index is 12.2. The van der Waals surface area contributed by atoms with Gasteiger partial charge in [-0.25, -0.2) is 0 Å². The third-order valence-electron chi connectivity index (χ3n) is 1.65. The molecule has 18 heavy (non-hydrogen) atoms. The number of benzene rings is 1. The van der Waals surface area contributed by atoms with E-state index in [9.17, 15) is 25.3 Å². The van der Waals surface area contributed by atoms with Crippen LogP contribution < -0.4 is 61.3 Å². The Balaban J connectivity index is 0.00000289. The van der Waals surface area contributed by atoms with Crippen molar-refractivity contribution in [1.82, 2.24) is 0 Å².